The number of aryl methyl sites for hydroxylation is 2. The summed E-state index contributed by atoms with van der Waals surface area (Å²) in [6, 6.07) is 7.54. The molecule has 2 aromatic rings. The van der Waals surface area contributed by atoms with Gasteiger partial charge < -0.3 is 15.0 Å². The zero-order chi connectivity index (χ0) is 20.6. The number of anilines is 1. The number of methoxy groups -OCH3 is 1. The van der Waals surface area contributed by atoms with Gasteiger partial charge in [-0.2, -0.15) is 0 Å². The number of nitrogens with one attached hydrogen (secondary N) is 1. The molecule has 2 aliphatic rings. The second-order valence-electron chi connectivity index (χ2n) is 7.93. The van der Waals surface area contributed by atoms with Gasteiger partial charge in [0.2, 0.25) is 5.91 Å². The third kappa shape index (κ3) is 3.36. The van der Waals surface area contributed by atoms with Gasteiger partial charge in [0, 0.05) is 24.1 Å². The van der Waals surface area contributed by atoms with Crippen LogP contribution in [-0.4, -0.2) is 47.5 Å². The van der Waals surface area contributed by atoms with Crippen molar-refractivity contribution in [2.45, 2.75) is 51.0 Å². The van der Waals surface area contributed by atoms with Crippen LogP contribution in [0.3, 0.4) is 0 Å². The first kappa shape index (κ1) is 20.0. The highest BCUT2D eigenvalue weighted by Crippen LogP contribution is 2.50. The highest BCUT2D eigenvalue weighted by Gasteiger charge is 2.55. The Labute approximate surface area is 175 Å². The van der Waals surface area contributed by atoms with E-state index in [1.54, 1.807) is 7.11 Å². The van der Waals surface area contributed by atoms with Gasteiger partial charge in [0.1, 0.15) is 0 Å². The Morgan fingerprint density at radius 2 is 2.03 bits per heavy atom. The van der Waals surface area contributed by atoms with E-state index in [1.165, 1.54) is 11.3 Å². The molecule has 0 unspecified atom stereocenters. The fourth-order valence-corrected chi connectivity index (χ4v) is 5.70. The molecule has 7 heteroatoms. The van der Waals surface area contributed by atoms with Crippen molar-refractivity contribution in [3.63, 3.8) is 0 Å². The third-order valence-corrected chi connectivity index (χ3v) is 7.32. The SMILES string of the molecule is COCCN1C(=O)c2ccccc2[C@H](C(=O)Nc2nc(C)c(C)s2)C12CCCC2. The smallest absolute Gasteiger partial charge is 0.254 e. The molecule has 2 amide bonds. The van der Waals surface area contributed by atoms with Gasteiger partial charge in [-0.05, 0) is 38.3 Å². The van der Waals surface area contributed by atoms with Gasteiger partial charge in [0.05, 0.1) is 23.8 Å². The molecule has 29 heavy (non-hydrogen) atoms. The van der Waals surface area contributed by atoms with Crippen LogP contribution in [0.4, 0.5) is 5.13 Å². The third-order valence-electron chi connectivity index (χ3n) is 6.33. The largest absolute Gasteiger partial charge is 0.383 e. The predicted molar refractivity (Wildman–Crippen MR) is 114 cm³/mol. The predicted octanol–water partition coefficient (Wildman–Crippen LogP) is 3.90. The Morgan fingerprint density at radius 3 is 2.69 bits per heavy atom. The molecule has 1 saturated carbocycles. The van der Waals surface area contributed by atoms with Crippen LogP contribution in [0.25, 0.3) is 0 Å². The summed E-state index contributed by atoms with van der Waals surface area (Å²) in [5, 5.41) is 3.68. The van der Waals surface area contributed by atoms with E-state index in [0.29, 0.717) is 23.8 Å². The number of thiazole rings is 1. The van der Waals surface area contributed by atoms with Gasteiger partial charge in [0.15, 0.2) is 5.13 Å². The van der Waals surface area contributed by atoms with Crippen molar-refractivity contribution in [2.75, 3.05) is 25.6 Å². The number of aromatic nitrogens is 1. The lowest BCUT2D eigenvalue weighted by molar-refractivity contribution is -0.121. The summed E-state index contributed by atoms with van der Waals surface area (Å²) >= 11 is 1.49. The van der Waals surface area contributed by atoms with Crippen LogP contribution in [0.1, 0.15) is 58.1 Å². The topological polar surface area (TPSA) is 71.5 Å². The van der Waals surface area contributed by atoms with Gasteiger partial charge in [-0.25, -0.2) is 4.98 Å². The minimum atomic E-state index is -0.505. The molecule has 1 N–H and O–H groups in total. The summed E-state index contributed by atoms with van der Waals surface area (Å²) in [6.07, 6.45) is 3.67. The molecule has 0 radical (unpaired) electrons. The zero-order valence-electron chi connectivity index (χ0n) is 17.2. The lowest BCUT2D eigenvalue weighted by atomic mass is 9.71. The van der Waals surface area contributed by atoms with Gasteiger partial charge in [-0.3, -0.25) is 9.59 Å². The summed E-state index contributed by atoms with van der Waals surface area (Å²) in [4.78, 5) is 34.5. The number of ether oxygens (including phenoxy) is 1. The van der Waals surface area contributed by atoms with Crippen LogP contribution in [0.15, 0.2) is 24.3 Å². The highest BCUT2D eigenvalue weighted by molar-refractivity contribution is 7.15. The van der Waals surface area contributed by atoms with E-state index in [2.05, 4.69) is 10.3 Å². The van der Waals surface area contributed by atoms with E-state index in [9.17, 15) is 9.59 Å². The average Bonchev–Trinajstić information content (AvgIpc) is 3.29. The van der Waals surface area contributed by atoms with Crippen LogP contribution < -0.4 is 5.32 Å². The molecular formula is C22H27N3O3S. The number of benzene rings is 1. The quantitative estimate of drug-likeness (QED) is 0.807. The van der Waals surface area contributed by atoms with E-state index < -0.39 is 11.5 Å². The van der Waals surface area contributed by atoms with E-state index in [0.717, 1.165) is 41.8 Å². The van der Waals surface area contributed by atoms with Crippen LogP contribution in [0, 0.1) is 13.8 Å². The van der Waals surface area contributed by atoms with E-state index in [4.69, 9.17) is 4.74 Å². The second-order valence-corrected chi connectivity index (χ2v) is 9.13. The van der Waals surface area contributed by atoms with Gasteiger partial charge in [0.25, 0.3) is 5.91 Å². The fraction of sp³-hybridized carbons (Fsp3) is 0.500. The molecule has 0 bridgehead atoms. The minimum Gasteiger partial charge on any atom is -0.383 e. The number of carbonyl (C=O) groups is 2. The molecule has 4 rings (SSSR count). The van der Waals surface area contributed by atoms with Crippen molar-refractivity contribution >= 4 is 28.3 Å². The monoisotopic (exact) mass is 413 g/mol. The van der Waals surface area contributed by atoms with Gasteiger partial charge in [-0.1, -0.05) is 31.0 Å². The molecule has 2 heterocycles. The van der Waals surface area contributed by atoms with E-state index in [-0.39, 0.29) is 11.8 Å². The molecule has 1 fully saturated rings. The molecule has 1 atom stereocenters. The zero-order valence-corrected chi connectivity index (χ0v) is 18.0. The highest BCUT2D eigenvalue weighted by atomic mass is 32.1. The number of hydrogen-bond acceptors (Lipinski definition) is 5. The standard InChI is InChI=1S/C22H27N3O3S/c1-14-15(2)29-21(23-14)24-19(26)18-16-8-4-5-9-17(16)20(27)25(12-13-28-3)22(18)10-6-7-11-22/h4-5,8-9,18H,6-7,10-13H2,1-3H3,(H,23,24,26)/t18-/m1/s1. The second kappa shape index (κ2) is 7.88. The maximum Gasteiger partial charge on any atom is 0.254 e. The Bertz CT molecular complexity index is 914. The first-order valence-electron chi connectivity index (χ1n) is 10.1. The molecule has 1 aromatic heterocycles. The number of rotatable bonds is 5. The number of amides is 2. The van der Waals surface area contributed by atoms with Crippen molar-refractivity contribution in [2.24, 2.45) is 0 Å². The van der Waals surface area contributed by atoms with Crippen molar-refractivity contribution in [1.29, 1.82) is 0 Å². The molecule has 1 spiro atoms. The summed E-state index contributed by atoms with van der Waals surface area (Å²) in [7, 11) is 1.64. The number of carbonyl (C=O) groups excluding carboxylic acids is 2. The Morgan fingerprint density at radius 1 is 1.31 bits per heavy atom. The number of hydrogen-bond donors (Lipinski definition) is 1. The Balaban J connectivity index is 1.78. The van der Waals surface area contributed by atoms with Crippen molar-refractivity contribution in [1.82, 2.24) is 9.88 Å². The number of fused-ring (bicyclic) bond motifs is 1. The van der Waals surface area contributed by atoms with Crippen LogP contribution >= 0.6 is 11.3 Å². The summed E-state index contributed by atoms with van der Waals surface area (Å²) in [5.41, 5.74) is 1.88. The first-order chi connectivity index (χ1) is 14.0. The lowest BCUT2D eigenvalue weighted by Crippen LogP contribution is -2.60. The number of nitrogens with zero attached hydrogens (tertiary/aromatic N) is 2. The summed E-state index contributed by atoms with van der Waals surface area (Å²) in [5.74, 6) is -0.493. The van der Waals surface area contributed by atoms with Crippen LogP contribution in [-0.2, 0) is 9.53 Å². The molecule has 1 aromatic carbocycles. The summed E-state index contributed by atoms with van der Waals surface area (Å²) < 4.78 is 5.29. The molecular weight excluding hydrogens is 386 g/mol. The van der Waals surface area contributed by atoms with E-state index >= 15 is 0 Å². The molecule has 0 saturated heterocycles. The average molecular weight is 414 g/mol. The normalized spacial score (nSPS) is 20.2. The fourth-order valence-electron chi connectivity index (χ4n) is 4.88. The molecule has 1 aliphatic heterocycles. The Hall–Kier alpha value is -2.25. The van der Waals surface area contributed by atoms with E-state index in [1.807, 2.05) is 43.0 Å². The van der Waals surface area contributed by atoms with Crippen molar-refractivity contribution < 1.29 is 14.3 Å². The molecule has 154 valence electrons. The van der Waals surface area contributed by atoms with Crippen molar-refractivity contribution in [3.05, 3.63) is 46.0 Å². The summed E-state index contributed by atoms with van der Waals surface area (Å²) in [6.45, 7) is 4.89. The molecule has 1 aliphatic carbocycles. The van der Waals surface area contributed by atoms with Gasteiger partial charge in [-0.15, -0.1) is 11.3 Å². The Kier molecular flexibility index (Phi) is 5.44. The molecule has 6 nitrogen and oxygen atoms in total. The van der Waals surface area contributed by atoms with Crippen LogP contribution in [0.5, 0.6) is 0 Å². The van der Waals surface area contributed by atoms with Crippen LogP contribution in [0.2, 0.25) is 0 Å². The maximum absolute atomic E-state index is 13.6. The minimum absolute atomic E-state index is 0.00420. The lowest BCUT2D eigenvalue weighted by Gasteiger charge is -2.50. The first-order valence-corrected chi connectivity index (χ1v) is 10.9. The maximum atomic E-state index is 13.6. The van der Waals surface area contributed by atoms with Gasteiger partial charge >= 0.3 is 0 Å². The van der Waals surface area contributed by atoms with Crippen molar-refractivity contribution in [3.8, 4) is 0 Å².